The van der Waals surface area contributed by atoms with Gasteiger partial charge in [0.25, 0.3) is 0 Å². The molecule has 0 atom stereocenters. The Kier molecular flexibility index (Phi) is 4.22. The zero-order valence-corrected chi connectivity index (χ0v) is 13.2. The number of hydrogen-bond donors (Lipinski definition) is 1. The molecule has 1 saturated carbocycles. The summed E-state index contributed by atoms with van der Waals surface area (Å²) in [5, 5.41) is 4.52. The summed E-state index contributed by atoms with van der Waals surface area (Å²) in [6, 6.07) is 7.27. The third kappa shape index (κ3) is 3.13. The number of rotatable bonds is 5. The maximum absolute atomic E-state index is 4.66. The third-order valence-electron chi connectivity index (χ3n) is 4.23. The zero-order valence-electron chi connectivity index (χ0n) is 12.4. The summed E-state index contributed by atoms with van der Waals surface area (Å²) in [6.45, 7) is 4.19. The van der Waals surface area contributed by atoms with Crippen LogP contribution in [0.2, 0.25) is 0 Å². The van der Waals surface area contributed by atoms with E-state index in [9.17, 15) is 0 Å². The van der Waals surface area contributed by atoms with Gasteiger partial charge in [-0.2, -0.15) is 0 Å². The largest absolute Gasteiger partial charge is 0.360 e. The molecule has 1 N–H and O–H groups in total. The predicted octanol–water partition coefficient (Wildman–Crippen LogP) is 3.89. The van der Waals surface area contributed by atoms with Crippen molar-refractivity contribution in [1.82, 2.24) is 9.88 Å². The van der Waals surface area contributed by atoms with Crippen LogP contribution in [0.4, 0.5) is 5.13 Å². The summed E-state index contributed by atoms with van der Waals surface area (Å²) in [4.78, 5) is 7.15. The van der Waals surface area contributed by atoms with Crippen LogP contribution >= 0.6 is 11.3 Å². The van der Waals surface area contributed by atoms with Crippen molar-refractivity contribution in [2.45, 2.75) is 38.6 Å². The number of hydrogen-bond acceptors (Lipinski definition) is 4. The van der Waals surface area contributed by atoms with Crippen LogP contribution in [0.1, 0.15) is 31.2 Å². The molecular weight excluding hydrogens is 266 g/mol. The van der Waals surface area contributed by atoms with Crippen LogP contribution in [0.25, 0.3) is 10.2 Å². The molecule has 1 aliphatic carbocycles. The van der Waals surface area contributed by atoms with Gasteiger partial charge in [-0.25, -0.2) is 4.98 Å². The van der Waals surface area contributed by atoms with E-state index in [2.05, 4.69) is 47.4 Å². The van der Waals surface area contributed by atoms with Gasteiger partial charge in [-0.05, 0) is 44.5 Å². The highest BCUT2D eigenvalue weighted by atomic mass is 32.1. The number of aryl methyl sites for hydroxylation is 1. The lowest BCUT2D eigenvalue weighted by Gasteiger charge is -2.23. The van der Waals surface area contributed by atoms with Crippen LogP contribution in [-0.4, -0.2) is 36.1 Å². The molecule has 20 heavy (non-hydrogen) atoms. The summed E-state index contributed by atoms with van der Waals surface area (Å²) in [5.41, 5.74) is 2.39. The first-order valence-corrected chi connectivity index (χ1v) is 8.35. The highest BCUT2D eigenvalue weighted by molar-refractivity contribution is 7.22. The lowest BCUT2D eigenvalue weighted by molar-refractivity contribution is 0.254. The summed E-state index contributed by atoms with van der Waals surface area (Å²) < 4.78 is 1.27. The number of fused-ring (bicyclic) bond motifs is 1. The molecule has 1 aromatic carbocycles. The van der Waals surface area contributed by atoms with E-state index in [4.69, 9.17) is 0 Å². The second-order valence-electron chi connectivity index (χ2n) is 5.84. The van der Waals surface area contributed by atoms with Gasteiger partial charge >= 0.3 is 0 Å². The Morgan fingerprint density at radius 1 is 1.35 bits per heavy atom. The van der Waals surface area contributed by atoms with Crippen molar-refractivity contribution >= 4 is 26.7 Å². The molecule has 1 heterocycles. The van der Waals surface area contributed by atoms with Gasteiger partial charge in [-0.3, -0.25) is 0 Å². The molecule has 0 spiro atoms. The van der Waals surface area contributed by atoms with Crippen LogP contribution in [0.15, 0.2) is 18.2 Å². The molecule has 0 bridgehead atoms. The van der Waals surface area contributed by atoms with Crippen molar-refractivity contribution in [3.8, 4) is 0 Å². The average Bonchev–Trinajstić information content (AvgIpc) is 3.06. The fourth-order valence-electron chi connectivity index (χ4n) is 2.98. The third-order valence-corrected chi connectivity index (χ3v) is 5.23. The van der Waals surface area contributed by atoms with Gasteiger partial charge in [0.1, 0.15) is 0 Å². The minimum absolute atomic E-state index is 0.801. The van der Waals surface area contributed by atoms with E-state index in [1.807, 2.05) is 0 Å². The quantitative estimate of drug-likeness (QED) is 0.905. The van der Waals surface area contributed by atoms with Gasteiger partial charge in [-0.1, -0.05) is 30.2 Å². The highest BCUT2D eigenvalue weighted by Gasteiger charge is 2.18. The topological polar surface area (TPSA) is 28.2 Å². The van der Waals surface area contributed by atoms with E-state index in [1.54, 1.807) is 11.3 Å². The fraction of sp³-hybridized carbons (Fsp3) is 0.562. The van der Waals surface area contributed by atoms with Crippen LogP contribution in [-0.2, 0) is 0 Å². The SMILES string of the molecule is Cc1ccc2sc(NCCN(C)C3CCCC3)nc2c1. The maximum Gasteiger partial charge on any atom is 0.183 e. The molecule has 108 valence electrons. The maximum atomic E-state index is 4.66. The molecule has 2 aromatic rings. The molecule has 0 amide bonds. The molecule has 1 aliphatic rings. The average molecular weight is 289 g/mol. The van der Waals surface area contributed by atoms with E-state index in [-0.39, 0.29) is 0 Å². The van der Waals surface area contributed by atoms with E-state index in [0.717, 1.165) is 29.8 Å². The lowest BCUT2D eigenvalue weighted by atomic mass is 10.2. The molecule has 0 radical (unpaired) electrons. The van der Waals surface area contributed by atoms with Crippen molar-refractivity contribution < 1.29 is 0 Å². The lowest BCUT2D eigenvalue weighted by Crippen LogP contribution is -2.33. The Morgan fingerprint density at radius 3 is 2.95 bits per heavy atom. The van der Waals surface area contributed by atoms with Crippen molar-refractivity contribution in [3.05, 3.63) is 23.8 Å². The number of likely N-dealkylation sites (N-methyl/N-ethyl adjacent to an activating group) is 1. The first-order chi connectivity index (χ1) is 9.72. The van der Waals surface area contributed by atoms with Gasteiger partial charge in [-0.15, -0.1) is 0 Å². The van der Waals surface area contributed by atoms with Crippen LogP contribution < -0.4 is 5.32 Å². The summed E-state index contributed by atoms with van der Waals surface area (Å²) in [6.07, 6.45) is 5.55. The molecule has 4 heteroatoms. The Hall–Kier alpha value is -1.13. The Labute approximate surface area is 125 Å². The molecule has 1 fully saturated rings. The van der Waals surface area contributed by atoms with Crippen molar-refractivity contribution in [2.24, 2.45) is 0 Å². The fourth-order valence-corrected chi connectivity index (χ4v) is 3.85. The number of thiazole rings is 1. The van der Waals surface area contributed by atoms with Gasteiger partial charge in [0, 0.05) is 19.1 Å². The van der Waals surface area contributed by atoms with Crippen LogP contribution in [0.3, 0.4) is 0 Å². The smallest absolute Gasteiger partial charge is 0.183 e. The molecule has 0 saturated heterocycles. The second kappa shape index (κ2) is 6.10. The Bertz CT molecular complexity index is 572. The van der Waals surface area contributed by atoms with Gasteiger partial charge < -0.3 is 10.2 Å². The van der Waals surface area contributed by atoms with Crippen molar-refractivity contribution in [1.29, 1.82) is 0 Å². The summed E-state index contributed by atoms with van der Waals surface area (Å²) in [5.74, 6) is 0. The number of aromatic nitrogens is 1. The predicted molar refractivity (Wildman–Crippen MR) is 87.7 cm³/mol. The minimum atomic E-state index is 0.801. The van der Waals surface area contributed by atoms with Crippen LogP contribution in [0.5, 0.6) is 0 Å². The monoisotopic (exact) mass is 289 g/mol. The standard InChI is InChI=1S/C16H23N3S/c1-12-7-8-15-14(11-12)18-16(20-15)17-9-10-19(2)13-5-3-4-6-13/h7-8,11,13H,3-6,9-10H2,1-2H3,(H,17,18). The van der Waals surface area contributed by atoms with E-state index >= 15 is 0 Å². The molecule has 1 aromatic heterocycles. The molecule has 0 aliphatic heterocycles. The Morgan fingerprint density at radius 2 is 2.15 bits per heavy atom. The number of benzene rings is 1. The highest BCUT2D eigenvalue weighted by Crippen LogP contribution is 2.26. The van der Waals surface area contributed by atoms with Crippen LogP contribution in [0, 0.1) is 6.92 Å². The van der Waals surface area contributed by atoms with E-state index in [1.165, 1.54) is 35.9 Å². The van der Waals surface area contributed by atoms with E-state index < -0.39 is 0 Å². The van der Waals surface area contributed by atoms with Crippen molar-refractivity contribution in [2.75, 3.05) is 25.5 Å². The number of nitrogens with one attached hydrogen (secondary N) is 1. The van der Waals surface area contributed by atoms with Gasteiger partial charge in [0.15, 0.2) is 5.13 Å². The molecular formula is C16H23N3S. The Balaban J connectivity index is 1.54. The molecule has 3 nitrogen and oxygen atoms in total. The van der Waals surface area contributed by atoms with Gasteiger partial charge in [0.05, 0.1) is 10.2 Å². The summed E-state index contributed by atoms with van der Waals surface area (Å²) >= 11 is 1.75. The van der Waals surface area contributed by atoms with Gasteiger partial charge in [0.2, 0.25) is 0 Å². The molecule has 3 rings (SSSR count). The number of anilines is 1. The zero-order chi connectivity index (χ0) is 13.9. The van der Waals surface area contributed by atoms with Crippen molar-refractivity contribution in [3.63, 3.8) is 0 Å². The van der Waals surface area contributed by atoms with E-state index in [0.29, 0.717) is 0 Å². The minimum Gasteiger partial charge on any atom is -0.360 e. The first kappa shape index (κ1) is 13.8. The first-order valence-electron chi connectivity index (χ1n) is 7.54. The number of nitrogens with zero attached hydrogens (tertiary/aromatic N) is 2. The molecule has 0 unspecified atom stereocenters. The second-order valence-corrected chi connectivity index (χ2v) is 6.87. The summed E-state index contributed by atoms with van der Waals surface area (Å²) in [7, 11) is 2.25. The normalized spacial score (nSPS) is 16.4.